The van der Waals surface area contributed by atoms with Crippen molar-refractivity contribution >= 4 is 11.9 Å². The molecular formula is C28H30O6. The summed E-state index contributed by atoms with van der Waals surface area (Å²) in [6, 6.07) is 18.9. The number of carbonyl (C=O) groups excluding carboxylic acids is 2. The molecule has 6 nitrogen and oxygen atoms in total. The number of hydrogen-bond acceptors (Lipinski definition) is 6. The standard InChI is InChI=1S/C28H30O6/c1-19-9-20(2)12-25(11-19)31-17-27(29)33-15-23-5-7-24(8-6-23)16-34-28(30)18-32-26-13-21(3)10-22(4)14-26/h5-14H,15-18H2,1-4H3. The summed E-state index contributed by atoms with van der Waals surface area (Å²) in [7, 11) is 0. The maximum atomic E-state index is 12.0. The average molecular weight is 463 g/mol. The van der Waals surface area contributed by atoms with Gasteiger partial charge in [-0.1, -0.05) is 36.4 Å². The SMILES string of the molecule is Cc1cc(C)cc(OCC(=O)OCc2ccc(COC(=O)COc3cc(C)cc(C)c3)cc2)c1. The number of hydrogen-bond donors (Lipinski definition) is 0. The summed E-state index contributed by atoms with van der Waals surface area (Å²) >= 11 is 0. The van der Waals surface area contributed by atoms with Crippen LogP contribution in [0.3, 0.4) is 0 Å². The summed E-state index contributed by atoms with van der Waals surface area (Å²) in [5.74, 6) is 0.405. The minimum absolute atomic E-state index is 0.138. The maximum Gasteiger partial charge on any atom is 0.344 e. The number of carbonyl (C=O) groups is 2. The maximum absolute atomic E-state index is 12.0. The fourth-order valence-corrected chi connectivity index (χ4v) is 3.46. The number of ether oxygens (including phenoxy) is 4. The molecule has 0 fully saturated rings. The second-order valence-electron chi connectivity index (χ2n) is 8.36. The second-order valence-corrected chi connectivity index (χ2v) is 8.36. The summed E-state index contributed by atoms with van der Waals surface area (Å²) in [5.41, 5.74) is 5.94. The zero-order valence-electron chi connectivity index (χ0n) is 20.1. The van der Waals surface area contributed by atoms with E-state index in [-0.39, 0.29) is 26.4 Å². The predicted molar refractivity (Wildman–Crippen MR) is 129 cm³/mol. The number of benzene rings is 3. The van der Waals surface area contributed by atoms with Crippen LogP contribution in [0.4, 0.5) is 0 Å². The van der Waals surface area contributed by atoms with E-state index in [0.29, 0.717) is 11.5 Å². The lowest BCUT2D eigenvalue weighted by Gasteiger charge is -2.10. The highest BCUT2D eigenvalue weighted by Gasteiger charge is 2.08. The van der Waals surface area contributed by atoms with E-state index in [1.165, 1.54) is 0 Å². The lowest BCUT2D eigenvalue weighted by Crippen LogP contribution is -2.15. The van der Waals surface area contributed by atoms with Crippen molar-refractivity contribution in [3.05, 3.63) is 94.0 Å². The molecule has 0 amide bonds. The van der Waals surface area contributed by atoms with Crippen molar-refractivity contribution in [2.45, 2.75) is 40.9 Å². The summed E-state index contributed by atoms with van der Waals surface area (Å²) in [6.45, 7) is 7.87. The minimum Gasteiger partial charge on any atom is -0.482 e. The molecule has 0 aliphatic rings. The lowest BCUT2D eigenvalue weighted by molar-refractivity contribution is -0.148. The van der Waals surface area contributed by atoms with Gasteiger partial charge in [0.1, 0.15) is 24.7 Å². The topological polar surface area (TPSA) is 71.1 Å². The first-order valence-corrected chi connectivity index (χ1v) is 11.1. The monoisotopic (exact) mass is 462 g/mol. The van der Waals surface area contributed by atoms with E-state index >= 15 is 0 Å². The molecule has 0 aliphatic heterocycles. The molecule has 0 N–H and O–H groups in total. The number of aryl methyl sites for hydroxylation is 4. The molecule has 6 heteroatoms. The van der Waals surface area contributed by atoms with Crippen LogP contribution in [0.25, 0.3) is 0 Å². The summed E-state index contributed by atoms with van der Waals surface area (Å²) in [5, 5.41) is 0. The highest BCUT2D eigenvalue weighted by molar-refractivity contribution is 5.71. The van der Waals surface area contributed by atoms with E-state index in [0.717, 1.165) is 33.4 Å². The Bertz CT molecular complexity index is 1000. The van der Waals surface area contributed by atoms with Gasteiger partial charge in [0, 0.05) is 0 Å². The molecule has 0 aromatic heterocycles. The quantitative estimate of drug-likeness (QED) is 0.388. The summed E-state index contributed by atoms with van der Waals surface area (Å²) < 4.78 is 21.6. The molecule has 0 heterocycles. The Morgan fingerprint density at radius 3 is 1.21 bits per heavy atom. The van der Waals surface area contributed by atoms with Gasteiger partial charge in [0.05, 0.1) is 0 Å². The number of rotatable bonds is 10. The molecule has 0 saturated carbocycles. The first-order valence-electron chi connectivity index (χ1n) is 11.1. The van der Waals surface area contributed by atoms with E-state index in [9.17, 15) is 9.59 Å². The van der Waals surface area contributed by atoms with E-state index < -0.39 is 11.9 Å². The summed E-state index contributed by atoms with van der Waals surface area (Å²) in [4.78, 5) is 24.0. The Kier molecular flexibility index (Phi) is 8.68. The van der Waals surface area contributed by atoms with Crippen molar-refractivity contribution in [2.75, 3.05) is 13.2 Å². The van der Waals surface area contributed by atoms with Crippen LogP contribution in [-0.2, 0) is 32.3 Å². The van der Waals surface area contributed by atoms with Crippen LogP contribution in [0.15, 0.2) is 60.7 Å². The molecule has 0 saturated heterocycles. The molecule has 3 aromatic carbocycles. The smallest absolute Gasteiger partial charge is 0.344 e. The van der Waals surface area contributed by atoms with Crippen LogP contribution in [0, 0.1) is 27.7 Å². The Morgan fingerprint density at radius 1 is 0.559 bits per heavy atom. The zero-order valence-corrected chi connectivity index (χ0v) is 20.1. The van der Waals surface area contributed by atoms with Gasteiger partial charge in [-0.25, -0.2) is 9.59 Å². The zero-order chi connectivity index (χ0) is 24.5. The van der Waals surface area contributed by atoms with Crippen molar-refractivity contribution in [3.8, 4) is 11.5 Å². The van der Waals surface area contributed by atoms with E-state index in [4.69, 9.17) is 18.9 Å². The van der Waals surface area contributed by atoms with Gasteiger partial charge in [0.25, 0.3) is 0 Å². The van der Waals surface area contributed by atoms with Crippen molar-refractivity contribution < 1.29 is 28.5 Å². The third kappa shape index (κ3) is 8.28. The molecule has 0 aliphatic carbocycles. The van der Waals surface area contributed by atoms with Crippen LogP contribution in [0.1, 0.15) is 33.4 Å². The molecule has 34 heavy (non-hydrogen) atoms. The molecule has 0 spiro atoms. The van der Waals surface area contributed by atoms with E-state index in [1.54, 1.807) is 0 Å². The highest BCUT2D eigenvalue weighted by Crippen LogP contribution is 2.17. The molecular weight excluding hydrogens is 432 g/mol. The van der Waals surface area contributed by atoms with E-state index in [1.807, 2.05) is 88.4 Å². The molecule has 0 bridgehead atoms. The summed E-state index contributed by atoms with van der Waals surface area (Å²) in [6.07, 6.45) is 0. The minimum atomic E-state index is -0.444. The van der Waals surface area contributed by atoms with Gasteiger partial charge in [-0.2, -0.15) is 0 Å². The highest BCUT2D eigenvalue weighted by atomic mass is 16.6. The average Bonchev–Trinajstić information content (AvgIpc) is 2.78. The van der Waals surface area contributed by atoms with E-state index in [2.05, 4.69) is 0 Å². The second kappa shape index (κ2) is 11.9. The van der Waals surface area contributed by atoms with Gasteiger partial charge in [-0.15, -0.1) is 0 Å². The van der Waals surface area contributed by atoms with Gasteiger partial charge in [0.2, 0.25) is 0 Å². The van der Waals surface area contributed by atoms with Crippen molar-refractivity contribution in [3.63, 3.8) is 0 Å². The molecule has 0 atom stereocenters. The van der Waals surface area contributed by atoms with Crippen LogP contribution >= 0.6 is 0 Å². The normalized spacial score (nSPS) is 10.5. The Labute approximate surface area is 200 Å². The third-order valence-electron chi connectivity index (χ3n) is 4.93. The largest absolute Gasteiger partial charge is 0.482 e. The van der Waals surface area contributed by atoms with Gasteiger partial charge in [-0.05, 0) is 85.3 Å². The van der Waals surface area contributed by atoms with Gasteiger partial charge in [-0.3, -0.25) is 0 Å². The first-order chi connectivity index (χ1) is 16.3. The van der Waals surface area contributed by atoms with Crippen LogP contribution in [0.5, 0.6) is 11.5 Å². The third-order valence-corrected chi connectivity index (χ3v) is 4.93. The van der Waals surface area contributed by atoms with Crippen molar-refractivity contribution in [2.24, 2.45) is 0 Å². The van der Waals surface area contributed by atoms with Gasteiger partial charge < -0.3 is 18.9 Å². The van der Waals surface area contributed by atoms with Gasteiger partial charge in [0.15, 0.2) is 13.2 Å². The lowest BCUT2D eigenvalue weighted by atomic mass is 10.1. The molecule has 0 unspecified atom stereocenters. The van der Waals surface area contributed by atoms with Gasteiger partial charge >= 0.3 is 11.9 Å². The molecule has 3 aromatic rings. The predicted octanol–water partition coefficient (Wildman–Crippen LogP) is 5.16. The Balaban J connectivity index is 1.37. The Hall–Kier alpha value is -3.80. The molecule has 178 valence electrons. The fraction of sp³-hybridized carbons (Fsp3) is 0.286. The van der Waals surface area contributed by atoms with Crippen LogP contribution in [-0.4, -0.2) is 25.2 Å². The fourth-order valence-electron chi connectivity index (χ4n) is 3.46. The molecule has 0 radical (unpaired) electrons. The van der Waals surface area contributed by atoms with Crippen molar-refractivity contribution in [1.29, 1.82) is 0 Å². The van der Waals surface area contributed by atoms with Crippen LogP contribution in [0.2, 0.25) is 0 Å². The molecule has 3 rings (SSSR count). The Morgan fingerprint density at radius 2 is 0.882 bits per heavy atom. The number of esters is 2. The van der Waals surface area contributed by atoms with Crippen molar-refractivity contribution in [1.82, 2.24) is 0 Å². The van der Waals surface area contributed by atoms with Crippen LogP contribution < -0.4 is 9.47 Å². The first kappa shape index (κ1) is 24.8.